The van der Waals surface area contributed by atoms with Crippen molar-refractivity contribution in [1.82, 2.24) is 19.5 Å². The molecule has 0 radical (unpaired) electrons. The van der Waals surface area contributed by atoms with Gasteiger partial charge in [0.05, 0.1) is 35.0 Å². The van der Waals surface area contributed by atoms with Crippen molar-refractivity contribution >= 4 is 5.71 Å². The quantitative estimate of drug-likeness (QED) is 0.467. The van der Waals surface area contributed by atoms with Crippen molar-refractivity contribution in [2.75, 3.05) is 0 Å². The van der Waals surface area contributed by atoms with E-state index in [1.807, 2.05) is 37.5 Å². The van der Waals surface area contributed by atoms with Crippen molar-refractivity contribution in [2.45, 2.75) is 26.3 Å². The number of fused-ring (bicyclic) bond motifs is 3. The van der Waals surface area contributed by atoms with Gasteiger partial charge >= 0.3 is 0 Å². The van der Waals surface area contributed by atoms with Gasteiger partial charge in [-0.3, -0.25) is 14.5 Å². The molecule has 5 rings (SSSR count). The first-order valence-corrected chi connectivity index (χ1v) is 9.85. The summed E-state index contributed by atoms with van der Waals surface area (Å²) in [5.74, 6) is 7.00. The van der Waals surface area contributed by atoms with Gasteiger partial charge in [-0.2, -0.15) is 0 Å². The molecular formula is C24H19N5O. The number of oxazole rings is 1. The Morgan fingerprint density at radius 3 is 2.87 bits per heavy atom. The predicted octanol–water partition coefficient (Wildman–Crippen LogP) is 4.60. The number of rotatable bonds is 2. The average Bonchev–Trinajstić information content (AvgIpc) is 3.44. The molecular weight excluding hydrogens is 374 g/mol. The summed E-state index contributed by atoms with van der Waals surface area (Å²) in [7, 11) is 0. The minimum Gasteiger partial charge on any atom is -0.442 e. The summed E-state index contributed by atoms with van der Waals surface area (Å²) < 4.78 is 7.61. The Labute approximate surface area is 174 Å². The summed E-state index contributed by atoms with van der Waals surface area (Å²) in [6.07, 6.45) is 7.50. The van der Waals surface area contributed by atoms with Crippen molar-refractivity contribution in [1.29, 1.82) is 0 Å². The highest BCUT2D eigenvalue weighted by Crippen LogP contribution is 2.36. The lowest BCUT2D eigenvalue weighted by Gasteiger charge is -2.12. The smallest absolute Gasteiger partial charge is 0.181 e. The summed E-state index contributed by atoms with van der Waals surface area (Å²) in [5, 5.41) is 0. The molecule has 4 aromatic rings. The highest BCUT2D eigenvalue weighted by molar-refractivity contribution is 6.14. The number of benzene rings is 1. The topological polar surface area (TPSA) is 69.1 Å². The zero-order valence-electron chi connectivity index (χ0n) is 16.7. The molecule has 0 unspecified atom stereocenters. The Bertz CT molecular complexity index is 1290. The van der Waals surface area contributed by atoms with Crippen molar-refractivity contribution in [3.63, 3.8) is 0 Å². The molecule has 0 N–H and O–H groups in total. The molecule has 3 aromatic heterocycles. The van der Waals surface area contributed by atoms with Crippen LogP contribution in [0.2, 0.25) is 0 Å². The lowest BCUT2D eigenvalue weighted by Crippen LogP contribution is -2.09. The van der Waals surface area contributed by atoms with Crippen LogP contribution in [0.3, 0.4) is 0 Å². The largest absolute Gasteiger partial charge is 0.442 e. The second-order valence-corrected chi connectivity index (χ2v) is 6.97. The maximum Gasteiger partial charge on any atom is 0.181 e. The molecule has 0 amide bonds. The SMILES string of the molecule is CCC#Cc1ccc2c(c1)C(c1ccccn1)=N[C@H](C)c1c(-c3cnco3)ncn1-2. The van der Waals surface area contributed by atoms with E-state index in [1.54, 1.807) is 12.4 Å². The van der Waals surface area contributed by atoms with E-state index in [2.05, 4.69) is 50.4 Å². The fourth-order valence-corrected chi connectivity index (χ4v) is 3.71. The zero-order valence-corrected chi connectivity index (χ0v) is 16.7. The third kappa shape index (κ3) is 3.01. The number of hydrogen-bond acceptors (Lipinski definition) is 5. The number of aliphatic imine (C=N–C) groups is 1. The van der Waals surface area contributed by atoms with Crippen LogP contribution in [0.25, 0.3) is 17.1 Å². The van der Waals surface area contributed by atoms with E-state index < -0.39 is 0 Å². The van der Waals surface area contributed by atoms with Crippen LogP contribution in [0.4, 0.5) is 0 Å². The highest BCUT2D eigenvalue weighted by atomic mass is 16.3. The van der Waals surface area contributed by atoms with Crippen molar-refractivity contribution in [3.8, 4) is 29.0 Å². The molecule has 1 aliphatic heterocycles. The van der Waals surface area contributed by atoms with E-state index in [1.165, 1.54) is 6.39 Å². The fourth-order valence-electron chi connectivity index (χ4n) is 3.71. The second kappa shape index (κ2) is 7.45. The van der Waals surface area contributed by atoms with Gasteiger partial charge in [-0.1, -0.05) is 24.8 Å². The van der Waals surface area contributed by atoms with Gasteiger partial charge in [0.25, 0.3) is 0 Å². The van der Waals surface area contributed by atoms with Crippen molar-refractivity contribution in [3.05, 3.63) is 84.0 Å². The first-order chi connectivity index (χ1) is 14.8. The van der Waals surface area contributed by atoms with Crippen molar-refractivity contribution < 1.29 is 4.42 Å². The number of hydrogen-bond donors (Lipinski definition) is 0. The van der Waals surface area contributed by atoms with Crippen LogP contribution in [0.15, 0.2) is 70.9 Å². The molecule has 0 aliphatic carbocycles. The van der Waals surface area contributed by atoms with Gasteiger partial charge in [-0.25, -0.2) is 9.97 Å². The molecule has 4 heterocycles. The van der Waals surface area contributed by atoms with E-state index in [0.717, 1.165) is 46.0 Å². The Morgan fingerprint density at radius 2 is 2.10 bits per heavy atom. The van der Waals surface area contributed by atoms with Gasteiger partial charge in [0.15, 0.2) is 12.2 Å². The monoisotopic (exact) mass is 393 g/mol. The molecule has 1 aromatic carbocycles. The zero-order chi connectivity index (χ0) is 20.5. The molecule has 6 nitrogen and oxygen atoms in total. The Morgan fingerprint density at radius 1 is 1.17 bits per heavy atom. The average molecular weight is 393 g/mol. The summed E-state index contributed by atoms with van der Waals surface area (Å²) in [5.41, 5.74) is 6.27. The summed E-state index contributed by atoms with van der Waals surface area (Å²) >= 11 is 0. The molecule has 0 saturated heterocycles. The Balaban J connectivity index is 1.78. The summed E-state index contributed by atoms with van der Waals surface area (Å²) in [6.45, 7) is 4.10. The third-order valence-corrected chi connectivity index (χ3v) is 5.02. The second-order valence-electron chi connectivity index (χ2n) is 6.97. The molecule has 1 atom stereocenters. The number of aromatic nitrogens is 4. The molecule has 1 aliphatic rings. The summed E-state index contributed by atoms with van der Waals surface area (Å²) in [4.78, 5) is 18.3. The van der Waals surface area contributed by atoms with E-state index >= 15 is 0 Å². The van der Waals surface area contributed by atoms with E-state index in [0.29, 0.717) is 5.76 Å². The Kier molecular flexibility index (Phi) is 4.49. The molecule has 6 heteroatoms. The maximum absolute atomic E-state index is 5.53. The van der Waals surface area contributed by atoms with Crippen LogP contribution in [-0.2, 0) is 0 Å². The normalized spacial score (nSPS) is 14.7. The van der Waals surface area contributed by atoms with Crippen LogP contribution < -0.4 is 0 Å². The first-order valence-electron chi connectivity index (χ1n) is 9.85. The molecule has 30 heavy (non-hydrogen) atoms. The Hall–Kier alpha value is -3.98. The van der Waals surface area contributed by atoms with Gasteiger partial charge in [0, 0.05) is 23.7 Å². The van der Waals surface area contributed by atoms with Gasteiger partial charge < -0.3 is 4.42 Å². The first kappa shape index (κ1) is 18.1. The van der Waals surface area contributed by atoms with Crippen LogP contribution >= 0.6 is 0 Å². The van der Waals surface area contributed by atoms with Gasteiger partial charge in [0.2, 0.25) is 0 Å². The van der Waals surface area contributed by atoms with Crippen LogP contribution in [-0.4, -0.2) is 25.2 Å². The van der Waals surface area contributed by atoms with Gasteiger partial charge in [-0.05, 0) is 37.3 Å². The third-order valence-electron chi connectivity index (χ3n) is 5.02. The molecule has 0 spiro atoms. The molecule has 146 valence electrons. The highest BCUT2D eigenvalue weighted by Gasteiger charge is 2.28. The minimum atomic E-state index is -0.165. The van der Waals surface area contributed by atoms with Gasteiger partial charge in [0.1, 0.15) is 12.0 Å². The predicted molar refractivity (Wildman–Crippen MR) is 115 cm³/mol. The van der Waals surface area contributed by atoms with Crippen molar-refractivity contribution in [2.24, 2.45) is 4.99 Å². The van der Waals surface area contributed by atoms with Crippen LogP contribution in [0, 0.1) is 11.8 Å². The summed E-state index contributed by atoms with van der Waals surface area (Å²) in [6, 6.07) is 11.9. The van der Waals surface area contributed by atoms with E-state index in [-0.39, 0.29) is 6.04 Å². The number of imidazole rings is 1. The molecule has 0 saturated carbocycles. The van der Waals surface area contributed by atoms with Crippen LogP contribution in [0.5, 0.6) is 0 Å². The lowest BCUT2D eigenvalue weighted by molar-refractivity contribution is 0.568. The number of nitrogens with zero attached hydrogens (tertiary/aromatic N) is 5. The minimum absolute atomic E-state index is 0.165. The number of pyridine rings is 1. The van der Waals surface area contributed by atoms with Crippen LogP contribution in [0.1, 0.15) is 48.8 Å². The maximum atomic E-state index is 5.53. The van der Waals surface area contributed by atoms with Gasteiger partial charge in [-0.15, -0.1) is 0 Å². The molecule has 0 bridgehead atoms. The fraction of sp³-hybridized carbons (Fsp3) is 0.167. The van der Waals surface area contributed by atoms with E-state index in [9.17, 15) is 0 Å². The lowest BCUT2D eigenvalue weighted by atomic mass is 10.0. The standard InChI is InChI=1S/C24H19N5O/c1-3-4-7-17-9-10-20-18(12-17)22(19-8-5-6-11-26-19)28-16(2)24-23(27-14-29(20)24)21-13-25-15-30-21/h5-6,8-16H,3H2,1-2H3/t16-/m1/s1. The van der Waals surface area contributed by atoms with E-state index in [4.69, 9.17) is 9.41 Å². The molecule has 0 fully saturated rings.